The number of fused-ring (bicyclic) bond motifs is 2. The zero-order valence-electron chi connectivity index (χ0n) is 16.7. The van der Waals surface area contributed by atoms with Crippen LogP contribution in [0.1, 0.15) is 31.8 Å². The van der Waals surface area contributed by atoms with Crippen molar-refractivity contribution in [1.29, 1.82) is 0 Å². The number of phenols is 2. The maximum atomic E-state index is 13.2. The number of hydrogen-bond acceptors (Lipinski definition) is 6. The highest BCUT2D eigenvalue weighted by atomic mass is 16.5. The first-order chi connectivity index (χ1) is 15.5. The standard InChI is InChI=1S/C26H17NO5/c28-20-13-14-21(29)24-23(20)25(30)18-7-4-8-19(22(18)26(24)31)27-15-9-11-17(12-10-15)32-16-5-2-1-3-6-16/h1-14,27-29H. The number of aromatic hydroxyl groups is 2. The third kappa shape index (κ3) is 3.24. The van der Waals surface area contributed by atoms with E-state index in [1.165, 1.54) is 18.2 Å². The second-order valence-electron chi connectivity index (χ2n) is 7.30. The zero-order chi connectivity index (χ0) is 22.2. The van der Waals surface area contributed by atoms with Gasteiger partial charge in [0.05, 0.1) is 22.4 Å². The molecule has 0 unspecified atom stereocenters. The van der Waals surface area contributed by atoms with Gasteiger partial charge in [-0.05, 0) is 54.6 Å². The summed E-state index contributed by atoms with van der Waals surface area (Å²) in [5.41, 5.74) is 1.05. The summed E-state index contributed by atoms with van der Waals surface area (Å²) >= 11 is 0. The summed E-state index contributed by atoms with van der Waals surface area (Å²) in [5, 5.41) is 23.5. The van der Waals surface area contributed by atoms with Gasteiger partial charge in [-0.15, -0.1) is 0 Å². The molecule has 6 heteroatoms. The van der Waals surface area contributed by atoms with Crippen LogP contribution < -0.4 is 10.1 Å². The highest BCUT2D eigenvalue weighted by Crippen LogP contribution is 2.40. The number of nitrogens with one attached hydrogen (secondary N) is 1. The third-order valence-corrected chi connectivity index (χ3v) is 5.26. The molecule has 1 aliphatic rings. The summed E-state index contributed by atoms with van der Waals surface area (Å²) in [5.74, 6) is -0.366. The smallest absolute Gasteiger partial charge is 0.200 e. The minimum Gasteiger partial charge on any atom is -0.507 e. The number of carbonyl (C=O) groups is 2. The van der Waals surface area contributed by atoms with Crippen LogP contribution >= 0.6 is 0 Å². The average molecular weight is 423 g/mol. The first kappa shape index (κ1) is 19.4. The summed E-state index contributed by atoms with van der Waals surface area (Å²) in [6.45, 7) is 0. The molecule has 0 spiro atoms. The predicted octanol–water partition coefficient (Wildman–Crippen LogP) is 5.41. The quantitative estimate of drug-likeness (QED) is 0.335. The molecule has 3 N–H and O–H groups in total. The van der Waals surface area contributed by atoms with Crippen LogP contribution in [-0.4, -0.2) is 21.8 Å². The molecule has 0 radical (unpaired) electrons. The highest BCUT2D eigenvalue weighted by molar-refractivity contribution is 6.32. The van der Waals surface area contributed by atoms with Crippen molar-refractivity contribution in [3.63, 3.8) is 0 Å². The molecule has 0 atom stereocenters. The average Bonchev–Trinajstić information content (AvgIpc) is 2.81. The van der Waals surface area contributed by atoms with Gasteiger partial charge >= 0.3 is 0 Å². The molecule has 156 valence electrons. The zero-order valence-corrected chi connectivity index (χ0v) is 16.7. The van der Waals surface area contributed by atoms with Gasteiger partial charge in [0.1, 0.15) is 23.0 Å². The van der Waals surface area contributed by atoms with E-state index in [0.29, 0.717) is 17.1 Å². The summed E-state index contributed by atoms with van der Waals surface area (Å²) < 4.78 is 5.79. The third-order valence-electron chi connectivity index (χ3n) is 5.26. The molecule has 4 aromatic rings. The normalized spacial score (nSPS) is 12.1. The van der Waals surface area contributed by atoms with Crippen LogP contribution in [-0.2, 0) is 0 Å². The van der Waals surface area contributed by atoms with Gasteiger partial charge in [0.15, 0.2) is 11.6 Å². The van der Waals surface area contributed by atoms with E-state index < -0.39 is 11.6 Å². The number of rotatable bonds is 4. The minimum absolute atomic E-state index is 0.149. The monoisotopic (exact) mass is 423 g/mol. The Morgan fingerprint density at radius 3 is 1.91 bits per heavy atom. The van der Waals surface area contributed by atoms with Crippen LogP contribution in [0.5, 0.6) is 23.0 Å². The van der Waals surface area contributed by atoms with E-state index >= 15 is 0 Å². The molecule has 1 aliphatic carbocycles. The Morgan fingerprint density at radius 1 is 0.594 bits per heavy atom. The van der Waals surface area contributed by atoms with Gasteiger partial charge in [-0.1, -0.05) is 30.3 Å². The van der Waals surface area contributed by atoms with E-state index in [9.17, 15) is 19.8 Å². The fraction of sp³-hybridized carbons (Fsp3) is 0. The molecule has 5 rings (SSSR count). The summed E-state index contributed by atoms with van der Waals surface area (Å²) in [7, 11) is 0. The van der Waals surface area contributed by atoms with Gasteiger partial charge in [0.2, 0.25) is 0 Å². The summed E-state index contributed by atoms with van der Waals surface area (Å²) in [6, 6.07) is 23.8. The highest BCUT2D eigenvalue weighted by Gasteiger charge is 2.36. The van der Waals surface area contributed by atoms with Crippen LogP contribution in [0.2, 0.25) is 0 Å². The minimum atomic E-state index is -0.532. The molecular formula is C26H17NO5. The lowest BCUT2D eigenvalue weighted by Gasteiger charge is -2.22. The van der Waals surface area contributed by atoms with Crippen LogP contribution in [0, 0.1) is 0 Å². The van der Waals surface area contributed by atoms with Crippen molar-refractivity contribution in [3.8, 4) is 23.0 Å². The van der Waals surface area contributed by atoms with Crippen molar-refractivity contribution in [2.24, 2.45) is 0 Å². The summed E-state index contributed by atoms with van der Waals surface area (Å²) in [6.07, 6.45) is 0. The van der Waals surface area contributed by atoms with E-state index in [2.05, 4.69) is 5.32 Å². The fourth-order valence-corrected chi connectivity index (χ4v) is 3.78. The van der Waals surface area contributed by atoms with Crippen LogP contribution in [0.3, 0.4) is 0 Å². The van der Waals surface area contributed by atoms with Crippen molar-refractivity contribution in [1.82, 2.24) is 0 Å². The number of phenolic OH excluding ortho intramolecular Hbond substituents is 2. The number of carbonyl (C=O) groups excluding carboxylic acids is 2. The van der Waals surface area contributed by atoms with Crippen molar-refractivity contribution >= 4 is 22.9 Å². The molecule has 0 saturated carbocycles. The Morgan fingerprint density at radius 2 is 1.22 bits per heavy atom. The van der Waals surface area contributed by atoms with E-state index in [1.54, 1.807) is 36.4 Å². The van der Waals surface area contributed by atoms with Gasteiger partial charge in [-0.3, -0.25) is 9.59 Å². The lowest BCUT2D eigenvalue weighted by molar-refractivity contribution is 0.0974. The van der Waals surface area contributed by atoms with E-state index in [0.717, 1.165) is 5.75 Å². The number of ether oxygens (including phenoxy) is 1. The predicted molar refractivity (Wildman–Crippen MR) is 119 cm³/mol. The van der Waals surface area contributed by atoms with E-state index in [-0.39, 0.29) is 33.8 Å². The molecule has 0 bridgehead atoms. The molecule has 0 aliphatic heterocycles. The van der Waals surface area contributed by atoms with Crippen molar-refractivity contribution < 1.29 is 24.5 Å². The Bertz CT molecular complexity index is 1360. The molecule has 4 aromatic carbocycles. The lowest BCUT2D eigenvalue weighted by atomic mass is 9.82. The van der Waals surface area contributed by atoms with Crippen molar-refractivity contribution in [2.75, 3.05) is 5.32 Å². The Hall–Kier alpha value is -4.58. The van der Waals surface area contributed by atoms with Crippen LogP contribution in [0.25, 0.3) is 0 Å². The summed E-state index contributed by atoms with van der Waals surface area (Å²) in [4.78, 5) is 26.2. The molecule has 0 saturated heterocycles. The van der Waals surface area contributed by atoms with Gasteiger partial charge in [0.25, 0.3) is 0 Å². The van der Waals surface area contributed by atoms with Crippen molar-refractivity contribution in [3.05, 3.63) is 107 Å². The lowest BCUT2D eigenvalue weighted by Crippen LogP contribution is -2.22. The van der Waals surface area contributed by atoms with E-state index in [4.69, 9.17) is 4.74 Å². The second-order valence-corrected chi connectivity index (χ2v) is 7.30. The number of anilines is 2. The molecule has 0 aromatic heterocycles. The van der Waals surface area contributed by atoms with Gasteiger partial charge in [0, 0.05) is 11.3 Å². The molecule has 6 nitrogen and oxygen atoms in total. The maximum Gasteiger partial charge on any atom is 0.200 e. The van der Waals surface area contributed by atoms with Crippen LogP contribution in [0.4, 0.5) is 11.4 Å². The largest absolute Gasteiger partial charge is 0.507 e. The molecule has 0 amide bonds. The topological polar surface area (TPSA) is 95.9 Å². The molecular weight excluding hydrogens is 406 g/mol. The molecule has 0 heterocycles. The Labute approximate surface area is 183 Å². The number of para-hydroxylation sites is 1. The fourth-order valence-electron chi connectivity index (χ4n) is 3.78. The Kier molecular flexibility index (Phi) is 4.60. The number of benzene rings is 4. The molecule has 0 fully saturated rings. The van der Waals surface area contributed by atoms with Gasteiger partial charge < -0.3 is 20.3 Å². The van der Waals surface area contributed by atoms with E-state index in [1.807, 2.05) is 30.3 Å². The van der Waals surface area contributed by atoms with Gasteiger partial charge in [-0.2, -0.15) is 0 Å². The Balaban J connectivity index is 1.47. The number of ketones is 2. The first-order valence-electron chi connectivity index (χ1n) is 9.90. The first-order valence-corrected chi connectivity index (χ1v) is 9.90. The molecule has 32 heavy (non-hydrogen) atoms. The second kappa shape index (κ2) is 7.59. The van der Waals surface area contributed by atoms with Gasteiger partial charge in [-0.25, -0.2) is 0 Å². The SMILES string of the molecule is O=C1c2cccc(Nc3ccc(Oc4ccccc4)cc3)c2C(=O)c2c(O)ccc(O)c21. The van der Waals surface area contributed by atoms with Crippen LogP contribution in [0.15, 0.2) is 84.9 Å². The van der Waals surface area contributed by atoms with Crippen molar-refractivity contribution in [2.45, 2.75) is 0 Å². The maximum absolute atomic E-state index is 13.2. The number of hydrogen-bond donors (Lipinski definition) is 3.